The standard InChI is InChI=1S/C25H31ClN4O5/c1-5-7-10-27-24(32)25(33)30-28-14-18-12-19(26)23(21(13-18)34-6-2)35-15-22(31)29-20-9-8-16(3)11-17(20)4/h8-9,11-14H,5-7,10,15H2,1-4H3,(H,27,32)(H,29,31)(H,30,33)/b28-14-. The van der Waals surface area contributed by atoms with Crippen LogP contribution in [0.4, 0.5) is 5.69 Å². The molecule has 0 bridgehead atoms. The van der Waals surface area contributed by atoms with Crippen LogP contribution < -0.4 is 25.5 Å². The summed E-state index contributed by atoms with van der Waals surface area (Å²) >= 11 is 6.37. The van der Waals surface area contributed by atoms with Gasteiger partial charge >= 0.3 is 11.8 Å². The number of aryl methyl sites for hydroxylation is 2. The molecule has 0 heterocycles. The number of nitrogens with one attached hydrogen (secondary N) is 3. The fourth-order valence-electron chi connectivity index (χ4n) is 3.02. The first kappa shape index (κ1) is 27.7. The van der Waals surface area contributed by atoms with Crippen molar-refractivity contribution in [1.29, 1.82) is 0 Å². The SMILES string of the molecule is CCCCNC(=O)C(=O)N/N=C\c1cc(Cl)c(OCC(=O)Nc2ccc(C)cc2C)c(OCC)c1. The van der Waals surface area contributed by atoms with E-state index in [9.17, 15) is 14.4 Å². The largest absolute Gasteiger partial charge is 0.490 e. The molecule has 0 aromatic heterocycles. The number of carbonyl (C=O) groups excluding carboxylic acids is 3. The number of unbranched alkanes of at least 4 members (excludes halogenated alkanes) is 1. The number of rotatable bonds is 11. The van der Waals surface area contributed by atoms with E-state index in [4.69, 9.17) is 21.1 Å². The Kier molecular flexibility index (Phi) is 11.0. The summed E-state index contributed by atoms with van der Waals surface area (Å²) in [6.07, 6.45) is 3.00. The number of hydrogen-bond donors (Lipinski definition) is 3. The monoisotopic (exact) mass is 502 g/mol. The van der Waals surface area contributed by atoms with Crippen molar-refractivity contribution in [2.45, 2.75) is 40.5 Å². The predicted octanol–water partition coefficient (Wildman–Crippen LogP) is 3.74. The van der Waals surface area contributed by atoms with E-state index in [1.165, 1.54) is 6.21 Å². The van der Waals surface area contributed by atoms with E-state index >= 15 is 0 Å². The van der Waals surface area contributed by atoms with Gasteiger partial charge in [-0.3, -0.25) is 14.4 Å². The van der Waals surface area contributed by atoms with Crippen molar-refractivity contribution in [2.75, 3.05) is 25.1 Å². The van der Waals surface area contributed by atoms with Gasteiger partial charge in [0, 0.05) is 12.2 Å². The second kappa shape index (κ2) is 14.0. The summed E-state index contributed by atoms with van der Waals surface area (Å²) in [4.78, 5) is 35.9. The molecule has 3 amide bonds. The molecule has 0 saturated heterocycles. The minimum absolute atomic E-state index is 0.195. The zero-order valence-electron chi connectivity index (χ0n) is 20.4. The highest BCUT2D eigenvalue weighted by Crippen LogP contribution is 2.36. The number of carbonyl (C=O) groups is 3. The Hall–Kier alpha value is -3.59. The molecule has 0 saturated carbocycles. The number of anilines is 1. The number of hydrogen-bond acceptors (Lipinski definition) is 6. The third-order valence-electron chi connectivity index (χ3n) is 4.74. The molecule has 0 unspecified atom stereocenters. The molecule has 2 rings (SSSR count). The minimum atomic E-state index is -0.872. The predicted molar refractivity (Wildman–Crippen MR) is 136 cm³/mol. The van der Waals surface area contributed by atoms with Crippen molar-refractivity contribution in [1.82, 2.24) is 10.7 Å². The Morgan fingerprint density at radius 3 is 2.51 bits per heavy atom. The first-order valence-electron chi connectivity index (χ1n) is 11.3. The van der Waals surface area contributed by atoms with Crippen LogP contribution in [-0.2, 0) is 14.4 Å². The minimum Gasteiger partial charge on any atom is -0.490 e. The van der Waals surface area contributed by atoms with Crippen molar-refractivity contribution in [3.05, 3.63) is 52.0 Å². The molecule has 0 spiro atoms. The van der Waals surface area contributed by atoms with Crippen LogP contribution >= 0.6 is 11.6 Å². The average Bonchev–Trinajstić information content (AvgIpc) is 2.80. The summed E-state index contributed by atoms with van der Waals surface area (Å²) in [5.41, 5.74) is 5.41. The molecule has 0 fully saturated rings. The lowest BCUT2D eigenvalue weighted by atomic mass is 10.1. The molecule has 0 radical (unpaired) electrons. The molecule has 9 nitrogen and oxygen atoms in total. The Labute approximate surface area is 210 Å². The summed E-state index contributed by atoms with van der Waals surface area (Å²) in [5, 5.41) is 9.30. The molecule has 0 aliphatic heterocycles. The third kappa shape index (κ3) is 8.94. The lowest BCUT2D eigenvalue weighted by molar-refractivity contribution is -0.139. The molecule has 3 N–H and O–H groups in total. The Bertz CT molecular complexity index is 1090. The van der Waals surface area contributed by atoms with Gasteiger partial charge in [-0.2, -0.15) is 5.10 Å². The first-order valence-corrected chi connectivity index (χ1v) is 11.7. The lowest BCUT2D eigenvalue weighted by Gasteiger charge is -2.15. The van der Waals surface area contributed by atoms with Crippen molar-refractivity contribution < 1.29 is 23.9 Å². The van der Waals surface area contributed by atoms with Gasteiger partial charge in [-0.1, -0.05) is 42.6 Å². The number of halogens is 1. The van der Waals surface area contributed by atoms with E-state index in [2.05, 4.69) is 21.2 Å². The Morgan fingerprint density at radius 2 is 1.83 bits per heavy atom. The van der Waals surface area contributed by atoms with Gasteiger partial charge in [-0.15, -0.1) is 0 Å². The zero-order valence-corrected chi connectivity index (χ0v) is 21.1. The van der Waals surface area contributed by atoms with Gasteiger partial charge in [0.25, 0.3) is 5.91 Å². The van der Waals surface area contributed by atoms with Gasteiger partial charge in [0.15, 0.2) is 18.1 Å². The van der Waals surface area contributed by atoms with Crippen LogP contribution in [0.1, 0.15) is 43.4 Å². The van der Waals surface area contributed by atoms with Crippen molar-refractivity contribution >= 4 is 41.2 Å². The van der Waals surface area contributed by atoms with E-state index in [0.717, 1.165) is 24.0 Å². The highest BCUT2D eigenvalue weighted by molar-refractivity contribution is 6.35. The second-order valence-corrected chi connectivity index (χ2v) is 8.13. The van der Waals surface area contributed by atoms with Gasteiger partial charge in [-0.25, -0.2) is 5.43 Å². The summed E-state index contributed by atoms with van der Waals surface area (Å²) in [6, 6.07) is 8.86. The van der Waals surface area contributed by atoms with Crippen LogP contribution in [0.5, 0.6) is 11.5 Å². The maximum atomic E-state index is 12.4. The molecule has 0 aliphatic rings. The molecule has 10 heteroatoms. The van der Waals surface area contributed by atoms with Gasteiger partial charge in [0.2, 0.25) is 0 Å². The second-order valence-electron chi connectivity index (χ2n) is 7.73. The Balaban J connectivity index is 2.02. The van der Waals surface area contributed by atoms with Crippen LogP contribution in [0.2, 0.25) is 5.02 Å². The number of benzene rings is 2. The van der Waals surface area contributed by atoms with Crippen LogP contribution in [0.3, 0.4) is 0 Å². The summed E-state index contributed by atoms with van der Waals surface area (Å²) < 4.78 is 11.3. The molecule has 2 aromatic rings. The maximum Gasteiger partial charge on any atom is 0.329 e. The van der Waals surface area contributed by atoms with Gasteiger partial charge < -0.3 is 20.1 Å². The molecule has 2 aromatic carbocycles. The van der Waals surface area contributed by atoms with Crippen LogP contribution in [-0.4, -0.2) is 43.7 Å². The highest BCUT2D eigenvalue weighted by atomic mass is 35.5. The molecule has 0 aliphatic carbocycles. The van der Waals surface area contributed by atoms with Crippen molar-refractivity contribution in [3.8, 4) is 11.5 Å². The summed E-state index contributed by atoms with van der Waals surface area (Å²) in [7, 11) is 0. The normalized spacial score (nSPS) is 10.7. The molecular weight excluding hydrogens is 472 g/mol. The summed E-state index contributed by atoms with van der Waals surface area (Å²) in [5.74, 6) is -1.46. The van der Waals surface area contributed by atoms with Crippen LogP contribution in [0.25, 0.3) is 0 Å². The fraction of sp³-hybridized carbons (Fsp3) is 0.360. The van der Waals surface area contributed by atoms with E-state index in [-0.39, 0.29) is 23.3 Å². The van der Waals surface area contributed by atoms with Crippen LogP contribution in [0.15, 0.2) is 35.4 Å². The summed E-state index contributed by atoms with van der Waals surface area (Å²) in [6.45, 7) is 8.14. The molecule has 0 atom stereocenters. The quantitative estimate of drug-likeness (QED) is 0.187. The van der Waals surface area contributed by atoms with Gasteiger partial charge in [0.05, 0.1) is 17.8 Å². The smallest absolute Gasteiger partial charge is 0.329 e. The fourth-order valence-corrected chi connectivity index (χ4v) is 3.29. The first-order chi connectivity index (χ1) is 16.7. The van der Waals surface area contributed by atoms with Gasteiger partial charge in [-0.05, 0) is 56.5 Å². The highest BCUT2D eigenvalue weighted by Gasteiger charge is 2.15. The molecule has 188 valence electrons. The van der Waals surface area contributed by atoms with Gasteiger partial charge in [0.1, 0.15) is 0 Å². The number of ether oxygens (including phenoxy) is 2. The van der Waals surface area contributed by atoms with E-state index in [1.54, 1.807) is 19.1 Å². The topological polar surface area (TPSA) is 118 Å². The number of amides is 3. The maximum absolute atomic E-state index is 12.4. The van der Waals surface area contributed by atoms with Crippen molar-refractivity contribution in [2.24, 2.45) is 5.10 Å². The van der Waals surface area contributed by atoms with E-state index in [0.29, 0.717) is 30.2 Å². The van der Waals surface area contributed by atoms with Crippen LogP contribution in [0, 0.1) is 13.8 Å². The zero-order chi connectivity index (χ0) is 25.8. The Morgan fingerprint density at radius 1 is 1.06 bits per heavy atom. The van der Waals surface area contributed by atoms with E-state index in [1.807, 2.05) is 39.0 Å². The number of nitrogens with zero attached hydrogens (tertiary/aromatic N) is 1. The number of hydrazone groups is 1. The lowest BCUT2D eigenvalue weighted by Crippen LogP contribution is -2.38. The van der Waals surface area contributed by atoms with E-state index < -0.39 is 11.8 Å². The van der Waals surface area contributed by atoms with Crippen molar-refractivity contribution in [3.63, 3.8) is 0 Å². The average molecular weight is 503 g/mol. The molecular formula is C25H31ClN4O5. The molecule has 35 heavy (non-hydrogen) atoms. The third-order valence-corrected chi connectivity index (χ3v) is 5.02.